The van der Waals surface area contributed by atoms with Crippen molar-refractivity contribution >= 4 is 37.9 Å². The van der Waals surface area contributed by atoms with Crippen LogP contribution in [-0.4, -0.2) is 5.97 Å². The van der Waals surface area contributed by atoms with Gasteiger partial charge in [-0.3, -0.25) is 0 Å². The number of fused-ring (bicyclic) bond motifs is 1. The number of carbonyl (C=O) groups excluding carboxylic acids is 1. The molecule has 2 heterocycles. The Labute approximate surface area is 165 Å². The number of rotatable bonds is 4. The highest BCUT2D eigenvalue weighted by Gasteiger charge is 2.30. The molecule has 132 valence electrons. The van der Waals surface area contributed by atoms with Gasteiger partial charge >= 0.3 is 5.97 Å². The van der Waals surface area contributed by atoms with Crippen LogP contribution in [0.15, 0.2) is 77.5 Å². The molecule has 4 heteroatoms. The standard InChI is InChI=1S/C23H17O2S2/c1-3-23(2,21-9-6-15-26-21)25-22(24)18-10-12-19(13-11-18)27-16-14-17-7-4-5-8-20(17)27/h1,4-16H,2H3/q+1. The number of hydrogen-bond donors (Lipinski definition) is 0. The van der Waals surface area contributed by atoms with E-state index in [1.54, 1.807) is 6.92 Å². The van der Waals surface area contributed by atoms with E-state index >= 15 is 0 Å². The fourth-order valence-electron chi connectivity index (χ4n) is 2.92. The van der Waals surface area contributed by atoms with Gasteiger partial charge in [0.1, 0.15) is 5.38 Å². The van der Waals surface area contributed by atoms with Gasteiger partial charge in [-0.15, -0.1) is 17.8 Å². The van der Waals surface area contributed by atoms with Crippen LogP contribution in [-0.2, 0) is 10.3 Å². The Morgan fingerprint density at radius 2 is 1.85 bits per heavy atom. The Balaban J connectivity index is 1.59. The van der Waals surface area contributed by atoms with E-state index in [1.165, 1.54) is 26.3 Å². The number of ether oxygens (including phenoxy) is 1. The topological polar surface area (TPSA) is 26.3 Å². The van der Waals surface area contributed by atoms with Gasteiger partial charge < -0.3 is 4.74 Å². The molecular weight excluding hydrogens is 372 g/mol. The lowest BCUT2D eigenvalue weighted by molar-refractivity contribution is 0.0141. The van der Waals surface area contributed by atoms with E-state index in [0.717, 1.165) is 4.88 Å². The molecule has 0 spiro atoms. The SMILES string of the molecule is C#CC(C)(OC(=O)c1ccc(-[s+]2ccc3ccccc32)cc1)c1cccs1. The minimum Gasteiger partial charge on any atom is -0.437 e. The summed E-state index contributed by atoms with van der Waals surface area (Å²) in [6.45, 7) is 1.74. The van der Waals surface area contributed by atoms with Crippen molar-refractivity contribution in [1.82, 2.24) is 0 Å². The van der Waals surface area contributed by atoms with Crippen LogP contribution in [0.25, 0.3) is 15.0 Å². The van der Waals surface area contributed by atoms with E-state index < -0.39 is 11.6 Å². The first-order chi connectivity index (χ1) is 13.1. The molecule has 0 radical (unpaired) electrons. The average Bonchev–Trinajstić information content (AvgIpc) is 3.38. The summed E-state index contributed by atoms with van der Waals surface area (Å²) in [4.78, 5) is 14.6. The first-order valence-corrected chi connectivity index (χ1v) is 10.6. The summed E-state index contributed by atoms with van der Waals surface area (Å²) in [6.07, 6.45) is 5.65. The van der Waals surface area contributed by atoms with E-state index in [-0.39, 0.29) is 10.5 Å². The summed E-state index contributed by atoms with van der Waals surface area (Å²) in [5.74, 6) is 2.19. The summed E-state index contributed by atoms with van der Waals surface area (Å²) < 4.78 is 6.97. The van der Waals surface area contributed by atoms with Crippen LogP contribution in [0, 0.1) is 12.3 Å². The predicted molar refractivity (Wildman–Crippen MR) is 114 cm³/mol. The third kappa shape index (κ3) is 3.28. The van der Waals surface area contributed by atoms with Crippen LogP contribution in [0.5, 0.6) is 0 Å². The highest BCUT2D eigenvalue weighted by Crippen LogP contribution is 2.39. The Hall–Kier alpha value is -2.87. The van der Waals surface area contributed by atoms with Crippen LogP contribution in [0.1, 0.15) is 22.2 Å². The summed E-state index contributed by atoms with van der Waals surface area (Å²) in [5, 5.41) is 5.39. The molecule has 0 aliphatic heterocycles. The van der Waals surface area contributed by atoms with Gasteiger partial charge in [-0.05, 0) is 54.8 Å². The molecule has 0 aliphatic carbocycles. The van der Waals surface area contributed by atoms with Crippen molar-refractivity contribution in [3.8, 4) is 17.2 Å². The molecule has 0 aliphatic rings. The molecule has 0 saturated heterocycles. The van der Waals surface area contributed by atoms with E-state index in [0.29, 0.717) is 5.56 Å². The summed E-state index contributed by atoms with van der Waals surface area (Å²) >= 11 is 1.48. The van der Waals surface area contributed by atoms with Gasteiger partial charge in [-0.25, -0.2) is 4.79 Å². The monoisotopic (exact) mass is 389 g/mol. The fourth-order valence-corrected chi connectivity index (χ4v) is 5.59. The summed E-state index contributed by atoms with van der Waals surface area (Å²) in [7, 11) is -0.0954. The van der Waals surface area contributed by atoms with Gasteiger partial charge in [0.15, 0.2) is 9.60 Å². The average molecular weight is 390 g/mol. The zero-order chi connectivity index (χ0) is 18.9. The van der Waals surface area contributed by atoms with Crippen LogP contribution in [0.3, 0.4) is 0 Å². The van der Waals surface area contributed by atoms with Crippen molar-refractivity contribution in [1.29, 1.82) is 0 Å². The van der Waals surface area contributed by atoms with Crippen LogP contribution < -0.4 is 0 Å². The lowest BCUT2D eigenvalue weighted by Crippen LogP contribution is -2.26. The molecule has 0 amide bonds. The second kappa shape index (κ2) is 7.03. The molecule has 4 aromatic rings. The summed E-state index contributed by atoms with van der Waals surface area (Å²) in [6, 6.07) is 21.9. The van der Waals surface area contributed by atoms with Crippen LogP contribution >= 0.6 is 21.8 Å². The third-order valence-electron chi connectivity index (χ3n) is 4.45. The molecule has 2 aromatic heterocycles. The Morgan fingerprint density at radius 1 is 1.07 bits per heavy atom. The number of benzene rings is 2. The zero-order valence-corrected chi connectivity index (χ0v) is 16.3. The van der Waals surface area contributed by atoms with Crippen molar-refractivity contribution in [2.24, 2.45) is 0 Å². The number of terminal acetylenes is 1. The number of carbonyl (C=O) groups is 1. The second-order valence-electron chi connectivity index (χ2n) is 6.25. The van der Waals surface area contributed by atoms with Gasteiger partial charge in [0.25, 0.3) is 0 Å². The van der Waals surface area contributed by atoms with Crippen LogP contribution in [0.4, 0.5) is 0 Å². The van der Waals surface area contributed by atoms with Crippen molar-refractivity contribution in [3.05, 3.63) is 87.9 Å². The van der Waals surface area contributed by atoms with Gasteiger partial charge in [-0.1, -0.05) is 24.1 Å². The molecular formula is C23H17O2S2+. The molecule has 27 heavy (non-hydrogen) atoms. The molecule has 2 aromatic carbocycles. The molecule has 0 bridgehead atoms. The van der Waals surface area contributed by atoms with Gasteiger partial charge in [-0.2, -0.15) is 0 Å². The first kappa shape index (κ1) is 17.5. The summed E-state index contributed by atoms with van der Waals surface area (Å²) in [5.41, 5.74) is -0.560. The lowest BCUT2D eigenvalue weighted by atomic mass is 10.1. The van der Waals surface area contributed by atoms with Crippen LogP contribution in [0.2, 0.25) is 0 Å². The Kier molecular flexibility index (Phi) is 4.57. The fraction of sp³-hybridized carbons (Fsp3) is 0.0870. The molecule has 0 N–H and O–H groups in total. The molecule has 2 unspecified atom stereocenters. The largest absolute Gasteiger partial charge is 0.437 e. The number of hydrogen-bond acceptors (Lipinski definition) is 3. The van der Waals surface area contributed by atoms with E-state index in [1.807, 2.05) is 47.8 Å². The van der Waals surface area contributed by atoms with E-state index in [4.69, 9.17) is 11.2 Å². The van der Waals surface area contributed by atoms with Gasteiger partial charge in [0.05, 0.1) is 10.4 Å². The van der Waals surface area contributed by atoms with Crippen molar-refractivity contribution in [2.75, 3.05) is 0 Å². The van der Waals surface area contributed by atoms with Crippen molar-refractivity contribution < 1.29 is 9.53 Å². The van der Waals surface area contributed by atoms with E-state index in [2.05, 4.69) is 35.6 Å². The van der Waals surface area contributed by atoms with E-state index in [9.17, 15) is 4.79 Å². The number of thiophene rings is 2. The minimum absolute atomic E-state index is 0.0954. The van der Waals surface area contributed by atoms with Gasteiger partial charge in [0.2, 0.25) is 5.60 Å². The maximum Gasteiger partial charge on any atom is 0.339 e. The Morgan fingerprint density at radius 3 is 2.56 bits per heavy atom. The Bertz CT molecular complexity index is 1130. The van der Waals surface area contributed by atoms with Crippen molar-refractivity contribution in [2.45, 2.75) is 12.5 Å². The second-order valence-corrected chi connectivity index (χ2v) is 9.05. The maximum absolute atomic E-state index is 12.6. The molecule has 0 saturated carbocycles. The highest BCUT2D eigenvalue weighted by molar-refractivity contribution is 7.43. The molecule has 4 rings (SSSR count). The zero-order valence-electron chi connectivity index (χ0n) is 14.7. The number of esters is 1. The van der Waals surface area contributed by atoms with Gasteiger partial charge in [0, 0.05) is 21.9 Å². The normalized spacial score (nSPS) is 13.7. The van der Waals surface area contributed by atoms with Crippen molar-refractivity contribution in [3.63, 3.8) is 0 Å². The highest BCUT2D eigenvalue weighted by atomic mass is 32.2. The third-order valence-corrected chi connectivity index (χ3v) is 7.55. The quantitative estimate of drug-likeness (QED) is 0.231. The predicted octanol–water partition coefficient (Wildman–Crippen LogP) is 6.35. The smallest absolute Gasteiger partial charge is 0.339 e. The lowest BCUT2D eigenvalue weighted by Gasteiger charge is -2.22. The molecule has 2 nitrogen and oxygen atoms in total. The maximum atomic E-state index is 12.6. The minimum atomic E-state index is -1.06. The molecule has 2 atom stereocenters. The first-order valence-electron chi connectivity index (χ1n) is 8.46. The molecule has 0 fully saturated rings.